The molecule has 2 aromatic rings. The Kier molecular flexibility index (Phi) is 4.74. The summed E-state index contributed by atoms with van der Waals surface area (Å²) < 4.78 is 11.5. The maximum absolute atomic E-state index is 12.4. The molecule has 24 heavy (non-hydrogen) atoms. The third kappa shape index (κ3) is 3.37. The SMILES string of the molecule is Cc1cccc(OCCNC(=O)c2cccc3c2OC(C)C3C)c1. The van der Waals surface area contributed by atoms with E-state index in [1.54, 1.807) is 6.07 Å². The van der Waals surface area contributed by atoms with Crippen molar-refractivity contribution < 1.29 is 14.3 Å². The Morgan fingerprint density at radius 3 is 2.79 bits per heavy atom. The Balaban J connectivity index is 1.57. The molecule has 1 N–H and O–H groups in total. The number of hydrogen-bond acceptors (Lipinski definition) is 3. The van der Waals surface area contributed by atoms with E-state index in [1.807, 2.05) is 50.2 Å². The van der Waals surface area contributed by atoms with Crippen molar-refractivity contribution in [1.82, 2.24) is 5.32 Å². The van der Waals surface area contributed by atoms with E-state index in [4.69, 9.17) is 9.47 Å². The van der Waals surface area contributed by atoms with Crippen molar-refractivity contribution in [3.8, 4) is 11.5 Å². The zero-order valence-electron chi connectivity index (χ0n) is 14.3. The molecule has 0 fully saturated rings. The first-order valence-corrected chi connectivity index (χ1v) is 8.33. The summed E-state index contributed by atoms with van der Waals surface area (Å²) in [5.74, 6) is 1.71. The molecule has 2 unspecified atom stereocenters. The predicted molar refractivity (Wildman–Crippen MR) is 94.0 cm³/mol. The van der Waals surface area contributed by atoms with E-state index in [-0.39, 0.29) is 12.0 Å². The van der Waals surface area contributed by atoms with Gasteiger partial charge in [-0.1, -0.05) is 31.2 Å². The Labute approximate surface area is 142 Å². The molecule has 1 heterocycles. The Morgan fingerprint density at radius 2 is 2.00 bits per heavy atom. The van der Waals surface area contributed by atoms with Crippen LogP contribution in [0.25, 0.3) is 0 Å². The molecule has 0 spiro atoms. The highest BCUT2D eigenvalue weighted by Gasteiger charge is 2.30. The fraction of sp³-hybridized carbons (Fsp3) is 0.350. The van der Waals surface area contributed by atoms with Crippen molar-refractivity contribution in [1.29, 1.82) is 0 Å². The minimum Gasteiger partial charge on any atom is -0.492 e. The number of carbonyl (C=O) groups is 1. The Bertz CT molecular complexity index is 741. The maximum atomic E-state index is 12.4. The van der Waals surface area contributed by atoms with Gasteiger partial charge in [0.1, 0.15) is 24.2 Å². The normalized spacial score (nSPS) is 18.6. The molecule has 2 aromatic carbocycles. The van der Waals surface area contributed by atoms with Gasteiger partial charge in [0.15, 0.2) is 0 Å². The zero-order chi connectivity index (χ0) is 17.1. The molecule has 126 valence electrons. The van der Waals surface area contributed by atoms with Gasteiger partial charge in [0.25, 0.3) is 5.91 Å². The fourth-order valence-electron chi connectivity index (χ4n) is 2.90. The van der Waals surface area contributed by atoms with E-state index in [0.717, 1.165) is 22.6 Å². The van der Waals surface area contributed by atoms with Crippen LogP contribution in [0.3, 0.4) is 0 Å². The predicted octanol–water partition coefficient (Wildman–Crippen LogP) is 3.69. The molecule has 1 aliphatic rings. The smallest absolute Gasteiger partial charge is 0.255 e. The van der Waals surface area contributed by atoms with Crippen LogP contribution in [0.15, 0.2) is 42.5 Å². The molecule has 1 aliphatic heterocycles. The maximum Gasteiger partial charge on any atom is 0.255 e. The van der Waals surface area contributed by atoms with Crippen LogP contribution in [0, 0.1) is 6.92 Å². The van der Waals surface area contributed by atoms with Gasteiger partial charge in [0.05, 0.1) is 12.1 Å². The molecular weight excluding hydrogens is 302 g/mol. The number of benzene rings is 2. The van der Waals surface area contributed by atoms with E-state index in [9.17, 15) is 4.79 Å². The zero-order valence-corrected chi connectivity index (χ0v) is 14.3. The van der Waals surface area contributed by atoms with E-state index >= 15 is 0 Å². The van der Waals surface area contributed by atoms with Gasteiger partial charge in [-0.05, 0) is 37.6 Å². The van der Waals surface area contributed by atoms with Crippen LogP contribution in [-0.2, 0) is 0 Å². The molecule has 0 saturated carbocycles. The van der Waals surface area contributed by atoms with Crippen LogP contribution < -0.4 is 14.8 Å². The number of aryl methyl sites for hydroxylation is 1. The van der Waals surface area contributed by atoms with Crippen molar-refractivity contribution in [2.45, 2.75) is 32.8 Å². The number of ether oxygens (including phenoxy) is 2. The van der Waals surface area contributed by atoms with Gasteiger partial charge in [-0.15, -0.1) is 0 Å². The summed E-state index contributed by atoms with van der Waals surface area (Å²) in [7, 11) is 0. The van der Waals surface area contributed by atoms with Gasteiger partial charge in [-0.2, -0.15) is 0 Å². The molecule has 0 aromatic heterocycles. The molecule has 2 atom stereocenters. The average molecular weight is 325 g/mol. The standard InChI is InChI=1S/C20H23NO3/c1-13-6-4-7-16(12-13)23-11-10-21-20(22)18-9-5-8-17-14(2)15(3)24-19(17)18/h4-9,12,14-15H,10-11H2,1-3H3,(H,21,22). The molecule has 0 aliphatic carbocycles. The molecule has 1 amide bonds. The average Bonchev–Trinajstić information content (AvgIpc) is 2.86. The second-order valence-corrected chi connectivity index (χ2v) is 6.26. The summed E-state index contributed by atoms with van der Waals surface area (Å²) in [6, 6.07) is 13.6. The lowest BCUT2D eigenvalue weighted by molar-refractivity contribution is 0.0942. The van der Waals surface area contributed by atoms with Gasteiger partial charge in [-0.25, -0.2) is 0 Å². The molecule has 0 radical (unpaired) electrons. The van der Waals surface area contributed by atoms with E-state index in [1.165, 1.54) is 0 Å². The van der Waals surface area contributed by atoms with Crippen molar-refractivity contribution in [3.63, 3.8) is 0 Å². The van der Waals surface area contributed by atoms with Crippen molar-refractivity contribution >= 4 is 5.91 Å². The minimum absolute atomic E-state index is 0.0959. The molecule has 4 nitrogen and oxygen atoms in total. The first-order chi connectivity index (χ1) is 11.6. The third-order valence-electron chi connectivity index (χ3n) is 4.43. The van der Waals surface area contributed by atoms with Crippen LogP contribution in [0.4, 0.5) is 0 Å². The fourth-order valence-corrected chi connectivity index (χ4v) is 2.90. The largest absolute Gasteiger partial charge is 0.492 e. The number of para-hydroxylation sites is 1. The first-order valence-electron chi connectivity index (χ1n) is 8.33. The van der Waals surface area contributed by atoms with Crippen LogP contribution in [0.5, 0.6) is 11.5 Å². The lowest BCUT2D eigenvalue weighted by Crippen LogP contribution is -2.28. The van der Waals surface area contributed by atoms with Gasteiger partial charge in [0.2, 0.25) is 0 Å². The van der Waals surface area contributed by atoms with Gasteiger partial charge >= 0.3 is 0 Å². The van der Waals surface area contributed by atoms with Crippen LogP contribution in [-0.4, -0.2) is 25.2 Å². The summed E-state index contributed by atoms with van der Waals surface area (Å²) >= 11 is 0. The van der Waals surface area contributed by atoms with Crippen LogP contribution in [0.2, 0.25) is 0 Å². The van der Waals surface area contributed by atoms with Crippen LogP contribution in [0.1, 0.15) is 41.3 Å². The van der Waals surface area contributed by atoms with E-state index < -0.39 is 0 Å². The lowest BCUT2D eigenvalue weighted by Gasteiger charge is -2.11. The number of hydrogen-bond donors (Lipinski definition) is 1. The van der Waals surface area contributed by atoms with Gasteiger partial charge in [0, 0.05) is 11.5 Å². The van der Waals surface area contributed by atoms with Gasteiger partial charge < -0.3 is 14.8 Å². The Morgan fingerprint density at radius 1 is 1.21 bits per heavy atom. The second-order valence-electron chi connectivity index (χ2n) is 6.26. The lowest BCUT2D eigenvalue weighted by atomic mass is 9.97. The summed E-state index contributed by atoms with van der Waals surface area (Å²) in [6.07, 6.45) is 0.0959. The number of carbonyl (C=O) groups excluding carboxylic acids is 1. The number of fused-ring (bicyclic) bond motifs is 1. The molecule has 3 rings (SSSR count). The van der Waals surface area contributed by atoms with Crippen molar-refractivity contribution in [2.75, 3.05) is 13.2 Å². The van der Waals surface area contributed by atoms with Gasteiger partial charge in [-0.3, -0.25) is 4.79 Å². The summed E-state index contributed by atoms with van der Waals surface area (Å²) in [5.41, 5.74) is 2.85. The highest BCUT2D eigenvalue weighted by atomic mass is 16.5. The summed E-state index contributed by atoms with van der Waals surface area (Å²) in [5, 5.41) is 2.90. The quantitative estimate of drug-likeness (QED) is 0.853. The number of amides is 1. The van der Waals surface area contributed by atoms with E-state index in [0.29, 0.717) is 24.6 Å². The topological polar surface area (TPSA) is 47.6 Å². The summed E-state index contributed by atoms with van der Waals surface area (Å²) in [4.78, 5) is 12.4. The minimum atomic E-state index is -0.124. The monoisotopic (exact) mass is 325 g/mol. The van der Waals surface area contributed by atoms with E-state index in [2.05, 4.69) is 12.2 Å². The van der Waals surface area contributed by atoms with Crippen LogP contribution >= 0.6 is 0 Å². The highest BCUT2D eigenvalue weighted by Crippen LogP contribution is 2.40. The third-order valence-corrected chi connectivity index (χ3v) is 4.43. The molecule has 0 saturated heterocycles. The van der Waals surface area contributed by atoms with Crippen molar-refractivity contribution in [3.05, 3.63) is 59.2 Å². The molecule has 0 bridgehead atoms. The molecule has 4 heteroatoms. The van der Waals surface area contributed by atoms with Crippen molar-refractivity contribution in [2.24, 2.45) is 0 Å². The highest BCUT2D eigenvalue weighted by molar-refractivity contribution is 5.97. The molecular formula is C20H23NO3. The Hall–Kier alpha value is -2.49. The second kappa shape index (κ2) is 6.95. The number of nitrogens with one attached hydrogen (secondary N) is 1. The first kappa shape index (κ1) is 16.4. The summed E-state index contributed by atoms with van der Waals surface area (Å²) in [6.45, 7) is 7.04. The number of rotatable bonds is 5.